The molecule has 0 radical (unpaired) electrons. The van der Waals surface area contributed by atoms with Crippen LogP contribution in [-0.2, 0) is 0 Å². The van der Waals surface area contributed by atoms with Crippen LogP contribution < -0.4 is 0 Å². The van der Waals surface area contributed by atoms with Crippen molar-refractivity contribution >= 4 is 50.4 Å². The van der Waals surface area contributed by atoms with Crippen LogP contribution in [0.3, 0.4) is 0 Å². The maximum Gasteiger partial charge on any atom is 0.239 e. The summed E-state index contributed by atoms with van der Waals surface area (Å²) in [5.41, 5.74) is 6.63. The molecule has 0 aliphatic rings. The molecular formula is C27H15ClN4O. The number of furan rings is 1. The van der Waals surface area contributed by atoms with E-state index < -0.39 is 0 Å². The van der Waals surface area contributed by atoms with Gasteiger partial charge >= 0.3 is 0 Å². The second kappa shape index (κ2) is 6.89. The van der Waals surface area contributed by atoms with E-state index in [1.54, 1.807) is 0 Å². The summed E-state index contributed by atoms with van der Waals surface area (Å²) in [5.74, 6) is 1.21. The van der Waals surface area contributed by atoms with E-state index in [9.17, 15) is 0 Å². The van der Waals surface area contributed by atoms with Crippen LogP contribution in [0, 0.1) is 0 Å². The van der Waals surface area contributed by atoms with Gasteiger partial charge in [-0.2, -0.15) is 9.97 Å². The van der Waals surface area contributed by atoms with E-state index in [2.05, 4.69) is 39.2 Å². The van der Waals surface area contributed by atoms with Gasteiger partial charge in [0, 0.05) is 16.3 Å². The zero-order valence-electron chi connectivity index (χ0n) is 17.2. The van der Waals surface area contributed by atoms with Gasteiger partial charge in [-0.15, -0.1) is 0 Å². The minimum absolute atomic E-state index is 0.162. The summed E-state index contributed by atoms with van der Waals surface area (Å²) in [6.07, 6.45) is 0. The van der Waals surface area contributed by atoms with E-state index in [4.69, 9.17) is 16.0 Å². The summed E-state index contributed by atoms with van der Waals surface area (Å²) in [6, 6.07) is 30.5. The number of halogens is 1. The normalized spacial score (nSPS) is 11.8. The Hall–Kier alpha value is -4.22. The smallest absolute Gasteiger partial charge is 0.239 e. The van der Waals surface area contributed by atoms with Crippen molar-refractivity contribution in [3.8, 4) is 22.5 Å². The highest BCUT2D eigenvalue weighted by atomic mass is 35.5. The van der Waals surface area contributed by atoms with E-state index in [-0.39, 0.29) is 5.28 Å². The second-order valence-electron chi connectivity index (χ2n) is 7.91. The van der Waals surface area contributed by atoms with Gasteiger partial charge in [-0.1, -0.05) is 54.6 Å². The number of imidazole rings is 1. The number of hydrogen-bond donors (Lipinski definition) is 0. The molecule has 0 bridgehead atoms. The van der Waals surface area contributed by atoms with Gasteiger partial charge in [0.1, 0.15) is 11.2 Å². The Balaban J connectivity index is 1.56. The Kier molecular flexibility index (Phi) is 3.83. The molecule has 0 aliphatic heterocycles. The van der Waals surface area contributed by atoms with Crippen LogP contribution >= 0.6 is 11.6 Å². The Bertz CT molecular complexity index is 1840. The van der Waals surface area contributed by atoms with Gasteiger partial charge in [0.2, 0.25) is 11.1 Å². The Morgan fingerprint density at radius 1 is 0.697 bits per heavy atom. The Morgan fingerprint density at radius 3 is 2.45 bits per heavy atom. The molecule has 0 spiro atoms. The van der Waals surface area contributed by atoms with Crippen molar-refractivity contribution in [1.29, 1.82) is 0 Å². The third-order valence-corrected chi connectivity index (χ3v) is 6.15. The lowest BCUT2D eigenvalue weighted by Crippen LogP contribution is -1.99. The first-order valence-corrected chi connectivity index (χ1v) is 11.0. The summed E-state index contributed by atoms with van der Waals surface area (Å²) in [7, 11) is 0. The lowest BCUT2D eigenvalue weighted by molar-refractivity contribution is 0.669. The maximum absolute atomic E-state index is 6.30. The maximum atomic E-state index is 6.30. The molecule has 5 nitrogen and oxygen atoms in total. The SMILES string of the molecule is Clc1nc(-c2ccc3oc4cccc(-c5ccccc5)c4c3c2)n2c(n1)nc1ccccc12. The monoisotopic (exact) mass is 446 g/mol. The van der Waals surface area contributed by atoms with Crippen molar-refractivity contribution in [2.75, 3.05) is 0 Å². The average molecular weight is 447 g/mol. The molecule has 7 aromatic rings. The first-order valence-electron chi connectivity index (χ1n) is 10.6. The fourth-order valence-electron chi connectivity index (χ4n) is 4.56. The van der Waals surface area contributed by atoms with Crippen molar-refractivity contribution in [3.63, 3.8) is 0 Å². The topological polar surface area (TPSA) is 56.2 Å². The fourth-order valence-corrected chi connectivity index (χ4v) is 4.72. The van der Waals surface area contributed by atoms with Crippen LogP contribution in [0.4, 0.5) is 0 Å². The van der Waals surface area contributed by atoms with E-state index in [1.807, 2.05) is 71.1 Å². The summed E-state index contributed by atoms with van der Waals surface area (Å²) in [5, 5.41) is 2.26. The molecule has 0 saturated heterocycles. The highest BCUT2D eigenvalue weighted by Gasteiger charge is 2.17. The van der Waals surface area contributed by atoms with Gasteiger partial charge in [0.25, 0.3) is 0 Å². The molecule has 7 rings (SSSR count). The lowest BCUT2D eigenvalue weighted by Gasteiger charge is -2.07. The molecule has 4 aromatic carbocycles. The van der Waals surface area contributed by atoms with E-state index in [1.165, 1.54) is 0 Å². The zero-order chi connectivity index (χ0) is 21.9. The van der Waals surface area contributed by atoms with Crippen molar-refractivity contribution in [2.24, 2.45) is 0 Å². The average Bonchev–Trinajstić information content (AvgIpc) is 3.41. The summed E-state index contributed by atoms with van der Waals surface area (Å²) in [6.45, 7) is 0. The Morgan fingerprint density at radius 2 is 1.55 bits per heavy atom. The van der Waals surface area contributed by atoms with Crippen LogP contribution in [0.2, 0.25) is 5.28 Å². The lowest BCUT2D eigenvalue weighted by atomic mass is 9.99. The standard InChI is InChI=1S/C27H15ClN4O/c28-26-30-25(32-21-11-5-4-10-20(21)29-27(32)31-26)17-13-14-22-19(15-17)24-18(9-6-12-23(24)33-22)16-7-2-1-3-8-16/h1-15H. The third-order valence-electron chi connectivity index (χ3n) is 5.98. The molecule has 3 heterocycles. The van der Waals surface area contributed by atoms with E-state index >= 15 is 0 Å². The molecule has 156 valence electrons. The largest absolute Gasteiger partial charge is 0.456 e. The number of nitrogens with zero attached hydrogens (tertiary/aromatic N) is 4. The Labute approximate surface area is 192 Å². The zero-order valence-corrected chi connectivity index (χ0v) is 18.0. The van der Waals surface area contributed by atoms with Crippen LogP contribution in [0.5, 0.6) is 0 Å². The molecule has 0 atom stereocenters. The minimum Gasteiger partial charge on any atom is -0.456 e. The minimum atomic E-state index is 0.162. The molecule has 3 aromatic heterocycles. The highest BCUT2D eigenvalue weighted by molar-refractivity contribution is 6.28. The van der Waals surface area contributed by atoms with Gasteiger partial charge in [0.15, 0.2) is 5.82 Å². The number of benzene rings is 4. The quantitative estimate of drug-likeness (QED) is 0.282. The molecule has 0 saturated carbocycles. The first kappa shape index (κ1) is 18.4. The number of aromatic nitrogens is 4. The predicted octanol–water partition coefficient (Wildman–Crippen LogP) is 7.16. The molecular weight excluding hydrogens is 432 g/mol. The summed E-state index contributed by atoms with van der Waals surface area (Å²) in [4.78, 5) is 13.6. The van der Waals surface area contributed by atoms with Crippen molar-refractivity contribution in [1.82, 2.24) is 19.4 Å². The molecule has 0 N–H and O–H groups in total. The third kappa shape index (κ3) is 2.76. The molecule has 0 fully saturated rings. The number of para-hydroxylation sites is 2. The van der Waals surface area contributed by atoms with Gasteiger partial charge in [-0.3, -0.25) is 4.40 Å². The fraction of sp³-hybridized carbons (Fsp3) is 0. The number of fused-ring (bicyclic) bond motifs is 6. The summed E-state index contributed by atoms with van der Waals surface area (Å²) < 4.78 is 8.14. The number of hydrogen-bond acceptors (Lipinski definition) is 4. The van der Waals surface area contributed by atoms with E-state index in [0.717, 1.165) is 49.7 Å². The van der Waals surface area contributed by atoms with Crippen LogP contribution in [0.25, 0.3) is 61.3 Å². The highest BCUT2D eigenvalue weighted by Crippen LogP contribution is 2.38. The molecule has 33 heavy (non-hydrogen) atoms. The van der Waals surface area contributed by atoms with Gasteiger partial charge < -0.3 is 4.42 Å². The summed E-state index contributed by atoms with van der Waals surface area (Å²) >= 11 is 6.30. The molecule has 0 unspecified atom stereocenters. The predicted molar refractivity (Wildman–Crippen MR) is 131 cm³/mol. The molecule has 0 amide bonds. The first-order chi connectivity index (χ1) is 16.3. The van der Waals surface area contributed by atoms with Crippen molar-refractivity contribution in [2.45, 2.75) is 0 Å². The van der Waals surface area contributed by atoms with Gasteiger partial charge in [0.05, 0.1) is 11.0 Å². The van der Waals surface area contributed by atoms with Gasteiger partial charge in [-0.05, 0) is 59.1 Å². The van der Waals surface area contributed by atoms with Crippen molar-refractivity contribution in [3.05, 3.63) is 96.3 Å². The van der Waals surface area contributed by atoms with Crippen LogP contribution in [0.1, 0.15) is 0 Å². The van der Waals surface area contributed by atoms with E-state index in [0.29, 0.717) is 11.6 Å². The van der Waals surface area contributed by atoms with Crippen LogP contribution in [-0.4, -0.2) is 19.4 Å². The molecule has 0 aliphatic carbocycles. The van der Waals surface area contributed by atoms with Crippen LogP contribution in [0.15, 0.2) is 95.4 Å². The van der Waals surface area contributed by atoms with Gasteiger partial charge in [-0.25, -0.2) is 4.98 Å². The second-order valence-corrected chi connectivity index (χ2v) is 8.25. The van der Waals surface area contributed by atoms with Crippen molar-refractivity contribution < 1.29 is 4.42 Å². The number of rotatable bonds is 2. The molecule has 6 heteroatoms.